The number of rotatable bonds is 1. The zero-order valence-electron chi connectivity index (χ0n) is 5.19. The van der Waals surface area contributed by atoms with Crippen LogP contribution in [0.2, 0.25) is 0 Å². The van der Waals surface area contributed by atoms with Crippen LogP contribution in [0.3, 0.4) is 0 Å². The Morgan fingerprint density at radius 2 is 2.09 bits per heavy atom. The molecule has 0 unspecified atom stereocenters. The number of hydrogen-bond acceptors (Lipinski definition) is 1. The molecule has 0 atom stereocenters. The lowest BCUT2D eigenvalue weighted by Gasteiger charge is -2.00. The molecule has 0 N–H and O–H groups in total. The molecule has 5 heteroatoms. The van der Waals surface area contributed by atoms with Crippen molar-refractivity contribution in [3.05, 3.63) is 27.3 Å². The third-order valence-corrected chi connectivity index (χ3v) is 1.97. The molecule has 0 aliphatic carbocycles. The van der Waals surface area contributed by atoms with Crippen LogP contribution in [0.4, 0.5) is 13.2 Å². The first-order valence-electron chi connectivity index (χ1n) is 2.70. The minimum Gasteiger partial charge on any atom is -0.247 e. The Labute approximate surface area is 74.8 Å². The first-order valence-corrected chi connectivity index (χ1v) is 3.78. The zero-order valence-corrected chi connectivity index (χ0v) is 7.35. The van der Waals surface area contributed by atoms with E-state index in [1.807, 2.05) is 0 Å². The van der Waals surface area contributed by atoms with Crippen molar-refractivity contribution in [2.24, 2.45) is 0 Å². The molecule has 0 saturated carbocycles. The molecule has 0 saturated heterocycles. The van der Waals surface area contributed by atoms with Crippen LogP contribution in [0.1, 0.15) is 12.0 Å². The van der Waals surface area contributed by atoms with Crippen molar-refractivity contribution in [2.45, 2.75) is 6.43 Å². The number of alkyl halides is 2. The Balaban J connectivity index is 3.13. The van der Waals surface area contributed by atoms with E-state index in [0.29, 0.717) is 0 Å². The fraction of sp³-hybridized carbons (Fsp3) is 0.167. The highest BCUT2D eigenvalue weighted by molar-refractivity contribution is 14.1. The minimum atomic E-state index is -2.66. The van der Waals surface area contributed by atoms with E-state index >= 15 is 0 Å². The van der Waals surface area contributed by atoms with E-state index < -0.39 is 12.2 Å². The van der Waals surface area contributed by atoms with Gasteiger partial charge in [0.15, 0.2) is 0 Å². The normalized spacial score (nSPS) is 10.6. The molecule has 1 nitrogen and oxygen atoms in total. The fourth-order valence-electron chi connectivity index (χ4n) is 0.591. The lowest BCUT2D eigenvalue weighted by atomic mass is 10.3. The standard InChI is InChI=1S/C6H3F3IN/c7-3-1-4(5(8)9)6(10)11-2-3/h1-2,5H. The topological polar surface area (TPSA) is 12.9 Å². The van der Waals surface area contributed by atoms with Gasteiger partial charge in [0.2, 0.25) is 0 Å². The van der Waals surface area contributed by atoms with Crippen molar-refractivity contribution in [2.75, 3.05) is 0 Å². The van der Waals surface area contributed by atoms with Crippen LogP contribution in [-0.2, 0) is 0 Å². The fourth-order valence-corrected chi connectivity index (χ4v) is 1.12. The van der Waals surface area contributed by atoms with Crippen molar-refractivity contribution < 1.29 is 13.2 Å². The molecule has 1 heterocycles. The Morgan fingerprint density at radius 3 is 2.55 bits per heavy atom. The van der Waals surface area contributed by atoms with Gasteiger partial charge in [-0.15, -0.1) is 0 Å². The summed E-state index contributed by atoms with van der Waals surface area (Å²) in [7, 11) is 0. The smallest absolute Gasteiger partial charge is 0.247 e. The van der Waals surface area contributed by atoms with Crippen molar-refractivity contribution in [3.8, 4) is 0 Å². The zero-order chi connectivity index (χ0) is 8.43. The third-order valence-electron chi connectivity index (χ3n) is 1.07. The summed E-state index contributed by atoms with van der Waals surface area (Å²) in [6.07, 6.45) is -1.75. The minimum absolute atomic E-state index is 0.138. The number of aromatic nitrogens is 1. The van der Waals surface area contributed by atoms with Crippen LogP contribution < -0.4 is 0 Å². The van der Waals surface area contributed by atoms with Gasteiger partial charge in [-0.1, -0.05) is 0 Å². The first-order chi connectivity index (χ1) is 5.11. The Kier molecular flexibility index (Phi) is 2.69. The van der Waals surface area contributed by atoms with Gasteiger partial charge in [-0.3, -0.25) is 0 Å². The number of hydrogen-bond donors (Lipinski definition) is 0. The molecule has 0 aliphatic rings. The Hall–Kier alpha value is -0.330. The average Bonchev–Trinajstić information content (AvgIpc) is 1.94. The maximum absolute atomic E-state index is 12.3. The maximum atomic E-state index is 12.3. The highest BCUT2D eigenvalue weighted by Crippen LogP contribution is 2.22. The van der Waals surface area contributed by atoms with Gasteiger partial charge in [-0.2, -0.15) is 0 Å². The SMILES string of the molecule is Fc1cnc(I)c(C(F)F)c1. The third kappa shape index (κ3) is 2.05. The highest BCUT2D eigenvalue weighted by Gasteiger charge is 2.12. The maximum Gasteiger partial charge on any atom is 0.266 e. The van der Waals surface area contributed by atoms with Gasteiger partial charge in [0, 0.05) is 0 Å². The first kappa shape index (κ1) is 8.76. The van der Waals surface area contributed by atoms with Crippen LogP contribution in [0.5, 0.6) is 0 Å². The van der Waals surface area contributed by atoms with Crippen LogP contribution >= 0.6 is 22.6 Å². The van der Waals surface area contributed by atoms with Gasteiger partial charge < -0.3 is 0 Å². The van der Waals surface area contributed by atoms with E-state index in [-0.39, 0.29) is 9.26 Å². The summed E-state index contributed by atoms with van der Waals surface area (Å²) in [5, 5.41) is 0. The molecule has 0 radical (unpaired) electrons. The monoisotopic (exact) mass is 273 g/mol. The summed E-state index contributed by atoms with van der Waals surface area (Å²) in [4.78, 5) is 3.43. The summed E-state index contributed by atoms with van der Waals surface area (Å²) < 4.78 is 36.4. The Bertz CT molecular complexity index is 264. The van der Waals surface area contributed by atoms with E-state index in [9.17, 15) is 13.2 Å². The van der Waals surface area contributed by atoms with E-state index in [1.165, 1.54) is 0 Å². The van der Waals surface area contributed by atoms with Gasteiger partial charge in [0.05, 0.1) is 11.8 Å². The molecule has 11 heavy (non-hydrogen) atoms. The van der Waals surface area contributed by atoms with Crippen molar-refractivity contribution in [1.29, 1.82) is 0 Å². The van der Waals surface area contributed by atoms with Gasteiger partial charge in [-0.25, -0.2) is 18.2 Å². The molecule has 0 bridgehead atoms. The molecule has 0 aromatic carbocycles. The van der Waals surface area contributed by atoms with Gasteiger partial charge >= 0.3 is 0 Å². The molecule has 0 spiro atoms. The quantitative estimate of drug-likeness (QED) is 0.566. The van der Waals surface area contributed by atoms with Crippen LogP contribution in [0.15, 0.2) is 12.3 Å². The van der Waals surface area contributed by atoms with E-state index in [0.717, 1.165) is 12.3 Å². The second-order valence-corrected chi connectivity index (χ2v) is 2.86. The summed E-state index contributed by atoms with van der Waals surface area (Å²) >= 11 is 1.63. The molecule has 0 aliphatic heterocycles. The summed E-state index contributed by atoms with van der Waals surface area (Å²) in [6, 6.07) is 0.791. The second kappa shape index (κ2) is 3.38. The molecule has 0 amide bonds. The molecule has 1 rings (SSSR count). The lowest BCUT2D eigenvalue weighted by molar-refractivity contribution is 0.149. The van der Waals surface area contributed by atoms with E-state index in [1.54, 1.807) is 22.6 Å². The van der Waals surface area contributed by atoms with Crippen molar-refractivity contribution in [3.63, 3.8) is 0 Å². The average molecular weight is 273 g/mol. The van der Waals surface area contributed by atoms with Crippen LogP contribution in [-0.4, -0.2) is 4.98 Å². The number of halogens is 4. The molecule has 0 fully saturated rings. The van der Waals surface area contributed by atoms with E-state index in [2.05, 4.69) is 4.98 Å². The predicted octanol–water partition coefficient (Wildman–Crippen LogP) is 2.76. The summed E-state index contributed by atoms with van der Waals surface area (Å²) in [5.41, 5.74) is -0.356. The van der Waals surface area contributed by atoms with Gasteiger partial charge in [-0.05, 0) is 28.7 Å². The van der Waals surface area contributed by atoms with Crippen molar-refractivity contribution >= 4 is 22.6 Å². The predicted molar refractivity (Wildman–Crippen MR) is 41.9 cm³/mol. The van der Waals surface area contributed by atoms with E-state index in [4.69, 9.17) is 0 Å². The lowest BCUT2D eigenvalue weighted by Crippen LogP contribution is -1.93. The Morgan fingerprint density at radius 1 is 1.45 bits per heavy atom. The molecule has 60 valence electrons. The molecule has 1 aromatic rings. The van der Waals surface area contributed by atoms with Gasteiger partial charge in [0.25, 0.3) is 6.43 Å². The van der Waals surface area contributed by atoms with Crippen LogP contribution in [0.25, 0.3) is 0 Å². The molecule has 1 aromatic heterocycles. The number of nitrogens with zero attached hydrogens (tertiary/aromatic N) is 1. The summed E-state index contributed by atoms with van der Waals surface area (Å²) in [5.74, 6) is -0.735. The van der Waals surface area contributed by atoms with Crippen molar-refractivity contribution in [1.82, 2.24) is 4.98 Å². The van der Waals surface area contributed by atoms with Gasteiger partial charge in [0.1, 0.15) is 9.52 Å². The van der Waals surface area contributed by atoms with Crippen LogP contribution in [0, 0.1) is 9.52 Å². The largest absolute Gasteiger partial charge is 0.266 e. The highest BCUT2D eigenvalue weighted by atomic mass is 127. The molecular formula is C6H3F3IN. The number of pyridine rings is 1. The summed E-state index contributed by atoms with van der Waals surface area (Å²) in [6.45, 7) is 0. The second-order valence-electron chi connectivity index (χ2n) is 1.83. The molecular weight excluding hydrogens is 270 g/mol.